The second-order valence-corrected chi connectivity index (χ2v) is 8.36. The summed E-state index contributed by atoms with van der Waals surface area (Å²) in [6.45, 7) is 7.14. The van der Waals surface area contributed by atoms with Gasteiger partial charge in [0.25, 0.3) is 0 Å². The Labute approximate surface area is 185 Å². The Morgan fingerprint density at radius 1 is 1.00 bits per heavy atom. The van der Waals surface area contributed by atoms with Crippen molar-refractivity contribution in [2.75, 3.05) is 6.61 Å². The first-order chi connectivity index (χ1) is 15.0. The molecule has 0 aliphatic heterocycles. The molecule has 0 saturated heterocycles. The van der Waals surface area contributed by atoms with E-state index in [1.54, 1.807) is 0 Å². The normalized spacial score (nSPS) is 14.9. The molecule has 0 saturated carbocycles. The Bertz CT molecular complexity index is 1060. The van der Waals surface area contributed by atoms with Crippen molar-refractivity contribution >= 4 is 5.97 Å². The van der Waals surface area contributed by atoms with Crippen LogP contribution in [-0.2, 0) is 22.6 Å². The van der Waals surface area contributed by atoms with E-state index < -0.39 is 0 Å². The molecule has 3 heteroatoms. The molecule has 0 fully saturated rings. The number of aryl methyl sites for hydroxylation is 3. The number of fused-ring (bicyclic) bond motifs is 1. The van der Waals surface area contributed by atoms with Crippen molar-refractivity contribution in [3.8, 4) is 16.9 Å². The minimum Gasteiger partial charge on any atom is -0.489 e. The molecule has 3 nitrogen and oxygen atoms in total. The molecule has 0 N–H and O–H groups in total. The fourth-order valence-electron chi connectivity index (χ4n) is 4.66. The van der Waals surface area contributed by atoms with Crippen molar-refractivity contribution in [3.05, 3.63) is 88.5 Å². The largest absolute Gasteiger partial charge is 0.489 e. The van der Waals surface area contributed by atoms with Gasteiger partial charge in [0.1, 0.15) is 12.4 Å². The summed E-state index contributed by atoms with van der Waals surface area (Å²) < 4.78 is 11.3. The second-order valence-electron chi connectivity index (χ2n) is 8.36. The van der Waals surface area contributed by atoms with Gasteiger partial charge in [-0.3, -0.25) is 4.79 Å². The highest BCUT2D eigenvalue weighted by molar-refractivity contribution is 5.71. The lowest BCUT2D eigenvalue weighted by atomic mass is 9.95. The minimum absolute atomic E-state index is 0.107. The maximum absolute atomic E-state index is 11.9. The molecule has 1 aliphatic rings. The van der Waals surface area contributed by atoms with Crippen molar-refractivity contribution in [2.24, 2.45) is 0 Å². The fourth-order valence-corrected chi connectivity index (χ4v) is 4.66. The van der Waals surface area contributed by atoms with Gasteiger partial charge in [-0.1, -0.05) is 42.5 Å². The van der Waals surface area contributed by atoms with Crippen LogP contribution >= 0.6 is 0 Å². The van der Waals surface area contributed by atoms with Crippen molar-refractivity contribution in [2.45, 2.75) is 52.6 Å². The van der Waals surface area contributed by atoms with Gasteiger partial charge in [0.2, 0.25) is 0 Å². The highest BCUT2D eigenvalue weighted by Crippen LogP contribution is 2.37. The third-order valence-electron chi connectivity index (χ3n) is 6.14. The summed E-state index contributed by atoms with van der Waals surface area (Å²) in [4.78, 5) is 11.9. The van der Waals surface area contributed by atoms with E-state index in [1.807, 2.05) is 13.0 Å². The van der Waals surface area contributed by atoms with E-state index in [0.717, 1.165) is 24.2 Å². The first-order valence-electron chi connectivity index (χ1n) is 11.1. The third-order valence-corrected chi connectivity index (χ3v) is 6.14. The lowest BCUT2D eigenvalue weighted by molar-refractivity contribution is -0.143. The first-order valence-corrected chi connectivity index (χ1v) is 11.1. The minimum atomic E-state index is -0.107. The summed E-state index contributed by atoms with van der Waals surface area (Å²) in [6.07, 6.45) is 2.44. The average molecular weight is 415 g/mol. The average Bonchev–Trinajstić information content (AvgIpc) is 3.14. The monoisotopic (exact) mass is 414 g/mol. The molecule has 31 heavy (non-hydrogen) atoms. The molecule has 0 heterocycles. The van der Waals surface area contributed by atoms with Gasteiger partial charge in [-0.2, -0.15) is 0 Å². The SMILES string of the molecule is CCOC(=O)CC1CCc2cc(OCc3cccc(-c4c(C)cccc4C)c3)ccc21. The predicted octanol–water partition coefficient (Wildman–Crippen LogP) is 6.53. The molecule has 3 aromatic carbocycles. The van der Waals surface area contributed by atoms with Crippen LogP contribution in [0.4, 0.5) is 0 Å². The Morgan fingerprint density at radius 2 is 1.77 bits per heavy atom. The summed E-state index contributed by atoms with van der Waals surface area (Å²) >= 11 is 0. The number of ether oxygens (including phenoxy) is 2. The van der Waals surface area contributed by atoms with Gasteiger partial charge >= 0.3 is 5.97 Å². The summed E-state index contributed by atoms with van der Waals surface area (Å²) in [5.41, 5.74) is 8.81. The smallest absolute Gasteiger partial charge is 0.306 e. The first kappa shape index (κ1) is 21.2. The molecule has 0 amide bonds. The van der Waals surface area contributed by atoms with Gasteiger partial charge in [-0.15, -0.1) is 0 Å². The van der Waals surface area contributed by atoms with Gasteiger partial charge in [0.15, 0.2) is 0 Å². The number of benzene rings is 3. The van der Waals surface area contributed by atoms with Crippen molar-refractivity contribution in [1.29, 1.82) is 0 Å². The summed E-state index contributed by atoms with van der Waals surface area (Å²) in [7, 11) is 0. The summed E-state index contributed by atoms with van der Waals surface area (Å²) in [5, 5.41) is 0. The lowest BCUT2D eigenvalue weighted by Crippen LogP contribution is -2.08. The maximum Gasteiger partial charge on any atom is 0.306 e. The van der Waals surface area contributed by atoms with Crippen molar-refractivity contribution < 1.29 is 14.3 Å². The van der Waals surface area contributed by atoms with Gasteiger partial charge in [0, 0.05) is 0 Å². The highest BCUT2D eigenvalue weighted by atomic mass is 16.5. The number of hydrogen-bond acceptors (Lipinski definition) is 3. The van der Waals surface area contributed by atoms with E-state index in [1.165, 1.54) is 33.4 Å². The second kappa shape index (κ2) is 9.38. The van der Waals surface area contributed by atoms with Crippen molar-refractivity contribution in [1.82, 2.24) is 0 Å². The van der Waals surface area contributed by atoms with Crippen LogP contribution in [0.1, 0.15) is 53.5 Å². The van der Waals surface area contributed by atoms with Crippen LogP contribution in [0.15, 0.2) is 60.7 Å². The van der Waals surface area contributed by atoms with Gasteiger partial charge in [-0.25, -0.2) is 0 Å². The van der Waals surface area contributed by atoms with Crippen LogP contribution in [0.2, 0.25) is 0 Å². The van der Waals surface area contributed by atoms with E-state index in [0.29, 0.717) is 19.6 Å². The molecule has 0 radical (unpaired) electrons. The molecule has 0 bridgehead atoms. The standard InChI is InChI=1S/C28H30O3/c1-4-30-27(29)17-23-12-11-22-16-25(13-14-26(22)23)31-18-21-9-6-10-24(15-21)28-19(2)7-5-8-20(28)3/h5-10,13-16,23H,4,11-12,17-18H2,1-3H3. The predicted molar refractivity (Wildman–Crippen MR) is 124 cm³/mol. The molecule has 0 spiro atoms. The van der Waals surface area contributed by atoms with Gasteiger partial charge in [-0.05, 0) is 96.7 Å². The summed E-state index contributed by atoms with van der Waals surface area (Å²) in [6, 6.07) is 21.3. The quantitative estimate of drug-likeness (QED) is 0.412. The van der Waals surface area contributed by atoms with Crippen LogP contribution in [0, 0.1) is 13.8 Å². The molecule has 1 atom stereocenters. The van der Waals surface area contributed by atoms with E-state index in [4.69, 9.17) is 9.47 Å². The zero-order chi connectivity index (χ0) is 21.8. The highest BCUT2D eigenvalue weighted by Gasteiger charge is 2.25. The molecular formula is C28H30O3. The lowest BCUT2D eigenvalue weighted by Gasteiger charge is -2.13. The molecule has 4 rings (SSSR count). The fraction of sp³-hybridized carbons (Fsp3) is 0.321. The Balaban J connectivity index is 1.44. The zero-order valence-electron chi connectivity index (χ0n) is 18.6. The number of rotatable bonds is 7. The Hall–Kier alpha value is -3.07. The van der Waals surface area contributed by atoms with Crippen molar-refractivity contribution in [3.63, 3.8) is 0 Å². The van der Waals surface area contributed by atoms with Crippen LogP contribution in [0.3, 0.4) is 0 Å². The Morgan fingerprint density at radius 3 is 2.55 bits per heavy atom. The van der Waals surface area contributed by atoms with E-state index in [-0.39, 0.29) is 11.9 Å². The van der Waals surface area contributed by atoms with Crippen LogP contribution in [-0.4, -0.2) is 12.6 Å². The number of carbonyl (C=O) groups is 1. The molecule has 1 unspecified atom stereocenters. The third kappa shape index (κ3) is 4.82. The zero-order valence-corrected chi connectivity index (χ0v) is 18.6. The molecule has 1 aliphatic carbocycles. The maximum atomic E-state index is 11.9. The molecule has 0 aromatic heterocycles. The summed E-state index contributed by atoms with van der Waals surface area (Å²) in [5.74, 6) is 1.04. The molecular weight excluding hydrogens is 384 g/mol. The van der Waals surface area contributed by atoms with Crippen LogP contribution < -0.4 is 4.74 Å². The number of hydrogen-bond donors (Lipinski definition) is 0. The van der Waals surface area contributed by atoms with Gasteiger partial charge in [0.05, 0.1) is 13.0 Å². The molecule has 3 aromatic rings. The molecule has 160 valence electrons. The van der Waals surface area contributed by atoms with Crippen LogP contribution in [0.25, 0.3) is 11.1 Å². The topological polar surface area (TPSA) is 35.5 Å². The van der Waals surface area contributed by atoms with E-state index in [9.17, 15) is 4.79 Å². The van der Waals surface area contributed by atoms with Crippen LogP contribution in [0.5, 0.6) is 5.75 Å². The Kier molecular flexibility index (Phi) is 6.41. The number of esters is 1. The number of carbonyl (C=O) groups excluding carboxylic acids is 1. The van der Waals surface area contributed by atoms with E-state index in [2.05, 4.69) is 68.4 Å². The van der Waals surface area contributed by atoms with E-state index >= 15 is 0 Å². The van der Waals surface area contributed by atoms with Gasteiger partial charge < -0.3 is 9.47 Å².